The highest BCUT2D eigenvalue weighted by Crippen LogP contribution is 2.16. The van der Waals surface area contributed by atoms with Crippen molar-refractivity contribution in [1.29, 1.82) is 0 Å². The zero-order chi connectivity index (χ0) is 12.8. The highest BCUT2D eigenvalue weighted by molar-refractivity contribution is 6.30. The number of likely N-dealkylation sites (N-methyl/N-ethyl adjacent to an activating group) is 1. The Hall–Kier alpha value is -1.13. The van der Waals surface area contributed by atoms with Gasteiger partial charge in [0, 0.05) is 6.54 Å². The van der Waals surface area contributed by atoms with E-state index in [1.54, 1.807) is 12.1 Å². The van der Waals surface area contributed by atoms with Gasteiger partial charge in [0.2, 0.25) is 0 Å². The van der Waals surface area contributed by atoms with Crippen molar-refractivity contribution in [3.8, 4) is 0 Å². The Balaban J connectivity index is 2.44. The van der Waals surface area contributed by atoms with Gasteiger partial charge < -0.3 is 4.74 Å². The topological polar surface area (TPSA) is 29.5 Å². The number of hydrogen-bond acceptors (Lipinski definition) is 3. The molecule has 0 amide bonds. The molecule has 0 unspecified atom stereocenters. The second-order valence-electron chi connectivity index (χ2n) is 3.81. The lowest BCUT2D eigenvalue weighted by Gasteiger charge is -2.14. The maximum atomic E-state index is 12.9. The van der Waals surface area contributed by atoms with Gasteiger partial charge in [-0.2, -0.15) is 0 Å². The molecule has 5 heteroatoms. The summed E-state index contributed by atoms with van der Waals surface area (Å²) in [6.07, 6.45) is 0.702. The van der Waals surface area contributed by atoms with Crippen molar-refractivity contribution in [2.24, 2.45) is 0 Å². The molecular weight excluding hydrogens is 245 g/mol. The van der Waals surface area contributed by atoms with Crippen LogP contribution in [-0.2, 0) is 16.0 Å². The van der Waals surface area contributed by atoms with Gasteiger partial charge in [-0.25, -0.2) is 4.39 Å². The minimum absolute atomic E-state index is 0.123. The fraction of sp³-hybridized carbons (Fsp3) is 0.417. The first-order valence-corrected chi connectivity index (χ1v) is 5.60. The van der Waals surface area contributed by atoms with Crippen LogP contribution in [0.2, 0.25) is 5.02 Å². The lowest BCUT2D eigenvalue weighted by molar-refractivity contribution is -0.141. The molecule has 0 N–H and O–H groups in total. The fourth-order valence-corrected chi connectivity index (χ4v) is 1.58. The van der Waals surface area contributed by atoms with Crippen LogP contribution in [0.1, 0.15) is 5.56 Å². The molecule has 0 saturated heterocycles. The average molecular weight is 260 g/mol. The summed E-state index contributed by atoms with van der Waals surface area (Å²) >= 11 is 5.67. The van der Waals surface area contributed by atoms with Gasteiger partial charge in [0.25, 0.3) is 0 Å². The molecule has 94 valence electrons. The number of esters is 1. The van der Waals surface area contributed by atoms with Gasteiger partial charge in [0.1, 0.15) is 5.82 Å². The SMILES string of the molecule is COC(=O)CN(C)CCc1ccc(F)c(Cl)c1. The first kappa shape index (κ1) is 13.9. The molecule has 17 heavy (non-hydrogen) atoms. The van der Waals surface area contributed by atoms with Crippen LogP contribution in [-0.4, -0.2) is 38.1 Å². The van der Waals surface area contributed by atoms with Crippen LogP contribution in [0.5, 0.6) is 0 Å². The van der Waals surface area contributed by atoms with E-state index < -0.39 is 5.82 Å². The molecule has 0 atom stereocenters. The third-order valence-electron chi connectivity index (χ3n) is 2.39. The summed E-state index contributed by atoms with van der Waals surface area (Å²) in [6, 6.07) is 4.63. The van der Waals surface area contributed by atoms with Crippen LogP contribution < -0.4 is 0 Å². The second kappa shape index (κ2) is 6.57. The molecule has 0 radical (unpaired) electrons. The number of nitrogens with zero attached hydrogens (tertiary/aromatic N) is 1. The molecule has 0 fully saturated rings. The third kappa shape index (κ3) is 4.71. The molecular formula is C12H15ClFNO2. The minimum Gasteiger partial charge on any atom is -0.468 e. The molecule has 0 saturated carbocycles. The quantitative estimate of drug-likeness (QED) is 0.759. The van der Waals surface area contributed by atoms with E-state index in [0.717, 1.165) is 5.56 Å². The van der Waals surface area contributed by atoms with Crippen LogP contribution >= 0.6 is 11.6 Å². The van der Waals surface area contributed by atoms with Gasteiger partial charge in [-0.05, 0) is 31.2 Å². The highest BCUT2D eigenvalue weighted by Gasteiger charge is 2.07. The molecule has 1 aromatic carbocycles. The Bertz CT molecular complexity index is 398. The second-order valence-corrected chi connectivity index (χ2v) is 4.22. The van der Waals surface area contributed by atoms with E-state index in [4.69, 9.17) is 11.6 Å². The van der Waals surface area contributed by atoms with E-state index in [1.165, 1.54) is 13.2 Å². The molecule has 1 aromatic rings. The zero-order valence-electron chi connectivity index (χ0n) is 9.87. The van der Waals surface area contributed by atoms with Crippen molar-refractivity contribution in [1.82, 2.24) is 4.90 Å². The Morgan fingerprint density at radius 1 is 1.53 bits per heavy atom. The highest BCUT2D eigenvalue weighted by atomic mass is 35.5. The van der Waals surface area contributed by atoms with Crippen molar-refractivity contribution in [2.75, 3.05) is 27.2 Å². The summed E-state index contributed by atoms with van der Waals surface area (Å²) in [5, 5.41) is 0.123. The summed E-state index contributed by atoms with van der Waals surface area (Å²) < 4.78 is 17.5. The first-order valence-electron chi connectivity index (χ1n) is 5.22. The van der Waals surface area contributed by atoms with E-state index >= 15 is 0 Å². The van der Waals surface area contributed by atoms with E-state index in [0.29, 0.717) is 13.0 Å². The van der Waals surface area contributed by atoms with E-state index in [9.17, 15) is 9.18 Å². The Labute approximate surface area is 105 Å². The van der Waals surface area contributed by atoms with E-state index in [1.807, 2.05) is 11.9 Å². The van der Waals surface area contributed by atoms with E-state index in [2.05, 4.69) is 4.74 Å². The summed E-state index contributed by atoms with van der Waals surface area (Å²) in [6.45, 7) is 0.919. The Morgan fingerprint density at radius 2 is 2.24 bits per heavy atom. The predicted molar refractivity (Wildman–Crippen MR) is 64.6 cm³/mol. The predicted octanol–water partition coefficient (Wildman–Crippen LogP) is 2.13. The monoisotopic (exact) mass is 259 g/mol. The lowest BCUT2D eigenvalue weighted by Crippen LogP contribution is -2.28. The number of rotatable bonds is 5. The summed E-state index contributed by atoms with van der Waals surface area (Å²) in [5.41, 5.74) is 0.938. The summed E-state index contributed by atoms with van der Waals surface area (Å²) in [4.78, 5) is 12.8. The van der Waals surface area contributed by atoms with E-state index in [-0.39, 0.29) is 17.5 Å². The maximum Gasteiger partial charge on any atom is 0.319 e. The van der Waals surface area contributed by atoms with Gasteiger partial charge in [0.05, 0.1) is 18.7 Å². The van der Waals surface area contributed by atoms with Crippen molar-refractivity contribution >= 4 is 17.6 Å². The first-order chi connectivity index (χ1) is 8.02. The number of benzene rings is 1. The number of ether oxygens (including phenoxy) is 1. The largest absolute Gasteiger partial charge is 0.468 e. The number of methoxy groups -OCH3 is 1. The molecule has 0 bridgehead atoms. The van der Waals surface area contributed by atoms with Crippen LogP contribution in [0.15, 0.2) is 18.2 Å². The zero-order valence-corrected chi connectivity index (χ0v) is 10.6. The molecule has 0 aromatic heterocycles. The molecule has 0 aliphatic heterocycles. The third-order valence-corrected chi connectivity index (χ3v) is 2.68. The molecule has 3 nitrogen and oxygen atoms in total. The number of carbonyl (C=O) groups excluding carboxylic acids is 1. The standard InChI is InChI=1S/C12H15ClFNO2/c1-15(8-12(16)17-2)6-5-9-3-4-11(14)10(13)7-9/h3-4,7H,5-6,8H2,1-2H3. The summed E-state index contributed by atoms with van der Waals surface area (Å²) in [5.74, 6) is -0.692. The normalized spacial score (nSPS) is 10.6. The lowest BCUT2D eigenvalue weighted by atomic mass is 10.1. The van der Waals surface area contributed by atoms with Gasteiger partial charge in [-0.15, -0.1) is 0 Å². The smallest absolute Gasteiger partial charge is 0.319 e. The van der Waals surface area contributed by atoms with Crippen LogP contribution in [0.25, 0.3) is 0 Å². The fourth-order valence-electron chi connectivity index (χ4n) is 1.38. The summed E-state index contributed by atoms with van der Waals surface area (Å²) in [7, 11) is 3.18. The number of hydrogen-bond donors (Lipinski definition) is 0. The molecule has 0 aliphatic rings. The Kier molecular flexibility index (Phi) is 5.38. The van der Waals surface area contributed by atoms with Crippen molar-refractivity contribution < 1.29 is 13.9 Å². The molecule has 0 aliphatic carbocycles. The maximum absolute atomic E-state index is 12.9. The van der Waals surface area contributed by atoms with Gasteiger partial charge in [0.15, 0.2) is 0 Å². The number of halogens is 2. The van der Waals surface area contributed by atoms with Crippen molar-refractivity contribution in [3.05, 3.63) is 34.6 Å². The molecule has 1 rings (SSSR count). The minimum atomic E-state index is -0.418. The van der Waals surface area contributed by atoms with Gasteiger partial charge in [-0.1, -0.05) is 17.7 Å². The van der Waals surface area contributed by atoms with Crippen LogP contribution in [0, 0.1) is 5.82 Å². The van der Waals surface area contributed by atoms with Crippen LogP contribution in [0.3, 0.4) is 0 Å². The molecule has 0 heterocycles. The van der Waals surface area contributed by atoms with Crippen molar-refractivity contribution in [3.63, 3.8) is 0 Å². The molecule has 0 spiro atoms. The van der Waals surface area contributed by atoms with Crippen molar-refractivity contribution in [2.45, 2.75) is 6.42 Å². The number of carbonyl (C=O) groups is 1. The van der Waals surface area contributed by atoms with Gasteiger partial charge >= 0.3 is 5.97 Å². The Morgan fingerprint density at radius 3 is 2.82 bits per heavy atom. The average Bonchev–Trinajstić information content (AvgIpc) is 2.30. The van der Waals surface area contributed by atoms with Gasteiger partial charge in [-0.3, -0.25) is 9.69 Å². The van der Waals surface area contributed by atoms with Crippen LogP contribution in [0.4, 0.5) is 4.39 Å².